The topological polar surface area (TPSA) is 47.9 Å². The first-order chi connectivity index (χ1) is 12.2. The molecule has 2 heterocycles. The summed E-state index contributed by atoms with van der Waals surface area (Å²) in [6.45, 7) is 12.5. The second-order valence-corrected chi connectivity index (χ2v) is 8.67. The number of hydrogen-bond acceptors (Lipinski definition) is 2. The zero-order chi connectivity index (χ0) is 18.9. The Morgan fingerprint density at radius 2 is 1.96 bits per heavy atom. The summed E-state index contributed by atoms with van der Waals surface area (Å²) >= 11 is 0. The van der Waals surface area contributed by atoms with Crippen molar-refractivity contribution in [3.63, 3.8) is 0 Å². The number of nitrogens with zero attached hydrogens (tertiary/aromatic N) is 3. The Morgan fingerprint density at radius 1 is 1.23 bits per heavy atom. The van der Waals surface area contributed by atoms with Crippen LogP contribution in [0, 0.1) is 5.41 Å². The van der Waals surface area contributed by atoms with Crippen molar-refractivity contribution in [2.75, 3.05) is 20.1 Å². The largest absolute Gasteiger partial charge is 0.352 e. The molecular weight excluding hydrogens is 324 g/mol. The molecule has 2 fully saturated rings. The number of aliphatic imine (C=N–C) groups is 1. The fourth-order valence-corrected chi connectivity index (χ4v) is 3.81. The zero-order valence-corrected chi connectivity index (χ0v) is 16.8. The van der Waals surface area contributed by atoms with Crippen LogP contribution < -0.4 is 5.32 Å². The van der Waals surface area contributed by atoms with E-state index in [1.807, 2.05) is 11.9 Å². The smallest absolute Gasteiger partial charge is 0.222 e. The van der Waals surface area contributed by atoms with Gasteiger partial charge in [-0.1, -0.05) is 38.1 Å². The molecule has 3 rings (SSSR count). The molecule has 2 aliphatic rings. The van der Waals surface area contributed by atoms with Crippen LogP contribution in [0.1, 0.15) is 51.7 Å². The van der Waals surface area contributed by atoms with Crippen molar-refractivity contribution >= 4 is 11.9 Å². The van der Waals surface area contributed by atoms with Crippen LogP contribution in [-0.2, 0) is 17.9 Å². The van der Waals surface area contributed by atoms with Crippen molar-refractivity contribution in [3.8, 4) is 0 Å². The Labute approximate surface area is 157 Å². The van der Waals surface area contributed by atoms with Gasteiger partial charge in [0, 0.05) is 50.6 Å². The molecule has 0 aliphatic carbocycles. The van der Waals surface area contributed by atoms with Crippen LogP contribution in [0.5, 0.6) is 0 Å². The van der Waals surface area contributed by atoms with E-state index in [4.69, 9.17) is 0 Å². The standard InChI is InChI=1S/C21H32N4O/c1-20(2)15-25(21(20,3)4)19(22-5)23-13-16-8-6-9-17(12-16)14-24-11-7-10-18(24)26/h6,8-9,12H,7,10-11,13-15H2,1-5H3,(H,22,23). The molecule has 1 aromatic carbocycles. The number of carbonyl (C=O) groups excluding carboxylic acids is 1. The molecular formula is C21H32N4O. The Bertz CT molecular complexity index is 708. The lowest BCUT2D eigenvalue weighted by Crippen LogP contribution is -2.72. The van der Waals surface area contributed by atoms with E-state index in [1.54, 1.807) is 0 Å². The fourth-order valence-electron chi connectivity index (χ4n) is 3.81. The van der Waals surface area contributed by atoms with E-state index in [0.29, 0.717) is 6.42 Å². The Balaban J connectivity index is 1.61. The summed E-state index contributed by atoms with van der Waals surface area (Å²) < 4.78 is 0. The first-order valence-electron chi connectivity index (χ1n) is 9.58. The lowest BCUT2D eigenvalue weighted by atomic mass is 9.65. The first-order valence-corrected chi connectivity index (χ1v) is 9.58. The summed E-state index contributed by atoms with van der Waals surface area (Å²) in [5.74, 6) is 1.23. The maximum atomic E-state index is 11.8. The van der Waals surface area contributed by atoms with Crippen molar-refractivity contribution in [2.24, 2.45) is 10.4 Å². The maximum Gasteiger partial charge on any atom is 0.222 e. The SMILES string of the molecule is CN=C(NCc1cccc(CN2CCCC2=O)c1)N1CC(C)(C)C1(C)C. The molecule has 0 spiro atoms. The summed E-state index contributed by atoms with van der Waals surface area (Å²) in [4.78, 5) is 20.6. The first kappa shape index (κ1) is 18.7. The average Bonchev–Trinajstić information content (AvgIpc) is 2.99. The minimum atomic E-state index is 0.0901. The number of guanidine groups is 1. The van der Waals surface area contributed by atoms with Crippen LogP contribution in [-0.4, -0.2) is 47.3 Å². The van der Waals surface area contributed by atoms with Gasteiger partial charge in [-0.15, -0.1) is 0 Å². The normalized spacial score (nSPS) is 21.7. The minimum Gasteiger partial charge on any atom is -0.352 e. The van der Waals surface area contributed by atoms with Gasteiger partial charge in [0.2, 0.25) is 5.91 Å². The number of likely N-dealkylation sites (tertiary alicyclic amines) is 2. The molecule has 0 atom stereocenters. The van der Waals surface area contributed by atoms with E-state index in [9.17, 15) is 4.79 Å². The molecule has 0 saturated carbocycles. The number of amides is 1. The molecule has 5 nitrogen and oxygen atoms in total. The van der Waals surface area contributed by atoms with Crippen LogP contribution in [0.4, 0.5) is 0 Å². The second-order valence-electron chi connectivity index (χ2n) is 8.67. The molecule has 0 unspecified atom stereocenters. The highest BCUT2D eigenvalue weighted by atomic mass is 16.2. The number of carbonyl (C=O) groups is 1. The van der Waals surface area contributed by atoms with Crippen molar-refractivity contribution in [1.82, 2.24) is 15.1 Å². The molecule has 1 aromatic rings. The number of benzene rings is 1. The van der Waals surface area contributed by atoms with Crippen LogP contribution in [0.3, 0.4) is 0 Å². The quantitative estimate of drug-likeness (QED) is 0.666. The summed E-state index contributed by atoms with van der Waals surface area (Å²) in [7, 11) is 1.85. The van der Waals surface area contributed by atoms with Gasteiger partial charge in [-0.3, -0.25) is 9.79 Å². The molecule has 142 valence electrons. The van der Waals surface area contributed by atoms with Gasteiger partial charge < -0.3 is 15.1 Å². The summed E-state index contributed by atoms with van der Waals surface area (Å²) in [5, 5.41) is 3.51. The van der Waals surface area contributed by atoms with Crippen LogP contribution in [0.2, 0.25) is 0 Å². The highest BCUT2D eigenvalue weighted by Crippen LogP contribution is 2.46. The van der Waals surface area contributed by atoms with Gasteiger partial charge in [-0.25, -0.2) is 0 Å². The van der Waals surface area contributed by atoms with E-state index in [1.165, 1.54) is 11.1 Å². The average molecular weight is 357 g/mol. The molecule has 0 bridgehead atoms. The van der Waals surface area contributed by atoms with Crippen LogP contribution >= 0.6 is 0 Å². The van der Waals surface area contributed by atoms with E-state index >= 15 is 0 Å². The van der Waals surface area contributed by atoms with Crippen LogP contribution in [0.15, 0.2) is 29.3 Å². The molecule has 5 heteroatoms. The molecule has 2 aliphatic heterocycles. The van der Waals surface area contributed by atoms with E-state index in [2.05, 4.69) is 67.2 Å². The summed E-state index contributed by atoms with van der Waals surface area (Å²) in [6, 6.07) is 8.50. The van der Waals surface area contributed by atoms with Gasteiger partial charge in [0.15, 0.2) is 5.96 Å². The molecule has 0 aromatic heterocycles. The van der Waals surface area contributed by atoms with Gasteiger partial charge in [-0.2, -0.15) is 0 Å². The third-order valence-electron chi connectivity index (χ3n) is 6.34. The Kier molecular flexibility index (Phi) is 5.00. The molecule has 1 amide bonds. The van der Waals surface area contributed by atoms with Gasteiger partial charge >= 0.3 is 0 Å². The number of rotatable bonds is 4. The summed E-state index contributed by atoms with van der Waals surface area (Å²) in [6.07, 6.45) is 1.68. The van der Waals surface area contributed by atoms with Gasteiger partial charge in [-0.05, 0) is 31.4 Å². The number of nitrogens with one attached hydrogen (secondary N) is 1. The molecule has 1 N–H and O–H groups in total. The molecule has 0 radical (unpaired) electrons. The summed E-state index contributed by atoms with van der Waals surface area (Å²) in [5.41, 5.74) is 2.78. The van der Waals surface area contributed by atoms with E-state index in [-0.39, 0.29) is 16.9 Å². The monoisotopic (exact) mass is 356 g/mol. The zero-order valence-electron chi connectivity index (χ0n) is 16.8. The maximum absolute atomic E-state index is 11.8. The third kappa shape index (κ3) is 3.44. The second kappa shape index (κ2) is 6.93. The van der Waals surface area contributed by atoms with Crippen LogP contribution in [0.25, 0.3) is 0 Å². The Hall–Kier alpha value is -2.04. The lowest BCUT2D eigenvalue weighted by Gasteiger charge is -2.62. The van der Waals surface area contributed by atoms with E-state index in [0.717, 1.165) is 38.6 Å². The lowest BCUT2D eigenvalue weighted by molar-refractivity contribution is -0.128. The highest BCUT2D eigenvalue weighted by Gasteiger charge is 2.53. The molecule has 2 saturated heterocycles. The predicted octanol–water partition coefficient (Wildman–Crippen LogP) is 3.00. The molecule has 26 heavy (non-hydrogen) atoms. The van der Waals surface area contributed by atoms with E-state index < -0.39 is 0 Å². The van der Waals surface area contributed by atoms with Crippen molar-refractivity contribution in [1.29, 1.82) is 0 Å². The van der Waals surface area contributed by atoms with Crippen molar-refractivity contribution in [2.45, 2.75) is 59.2 Å². The fraction of sp³-hybridized carbons (Fsp3) is 0.619. The van der Waals surface area contributed by atoms with Gasteiger partial charge in [0.1, 0.15) is 0 Å². The predicted molar refractivity (Wildman–Crippen MR) is 106 cm³/mol. The minimum absolute atomic E-state index is 0.0901. The number of hydrogen-bond donors (Lipinski definition) is 1. The third-order valence-corrected chi connectivity index (χ3v) is 6.34. The van der Waals surface area contributed by atoms with Gasteiger partial charge in [0.05, 0.1) is 0 Å². The van der Waals surface area contributed by atoms with Crippen molar-refractivity contribution in [3.05, 3.63) is 35.4 Å². The van der Waals surface area contributed by atoms with Gasteiger partial charge in [0.25, 0.3) is 0 Å². The highest BCUT2D eigenvalue weighted by molar-refractivity contribution is 5.82. The Morgan fingerprint density at radius 3 is 2.54 bits per heavy atom. The van der Waals surface area contributed by atoms with Crippen molar-refractivity contribution < 1.29 is 4.79 Å².